The van der Waals surface area contributed by atoms with Crippen molar-refractivity contribution in [2.75, 3.05) is 0 Å². The molecule has 110 valence electrons. The van der Waals surface area contributed by atoms with Crippen molar-refractivity contribution < 1.29 is 4.39 Å². The van der Waals surface area contributed by atoms with Crippen LogP contribution in [0.15, 0.2) is 18.3 Å². The van der Waals surface area contributed by atoms with Gasteiger partial charge in [0.2, 0.25) is 0 Å². The van der Waals surface area contributed by atoms with Gasteiger partial charge in [0.1, 0.15) is 5.82 Å². The molecule has 2 saturated carbocycles. The number of hydrogen-bond donors (Lipinski definition) is 1. The Morgan fingerprint density at radius 2 is 2.20 bits per heavy atom. The lowest BCUT2D eigenvalue weighted by atomic mass is 9.83. The van der Waals surface area contributed by atoms with Gasteiger partial charge in [0.25, 0.3) is 0 Å². The number of rotatable bonds is 5. The van der Waals surface area contributed by atoms with E-state index in [0.717, 1.165) is 29.9 Å². The summed E-state index contributed by atoms with van der Waals surface area (Å²) >= 11 is 0. The van der Waals surface area contributed by atoms with E-state index in [4.69, 9.17) is 0 Å². The first kappa shape index (κ1) is 14.0. The van der Waals surface area contributed by atoms with Crippen LogP contribution in [0.1, 0.15) is 57.7 Å². The summed E-state index contributed by atoms with van der Waals surface area (Å²) in [6.45, 7) is 4.48. The quantitative estimate of drug-likeness (QED) is 0.876. The highest BCUT2D eigenvalue weighted by Gasteiger charge is 2.42. The van der Waals surface area contributed by atoms with Crippen molar-refractivity contribution in [2.45, 2.75) is 58.0 Å². The normalized spacial score (nSPS) is 31.4. The summed E-state index contributed by atoms with van der Waals surface area (Å²) in [5.41, 5.74) is 0.962. The minimum absolute atomic E-state index is 0.240. The number of fused-ring (bicyclic) bond motifs is 2. The van der Waals surface area contributed by atoms with E-state index in [2.05, 4.69) is 24.1 Å². The van der Waals surface area contributed by atoms with Gasteiger partial charge in [0.15, 0.2) is 0 Å². The Hall–Kier alpha value is -0.960. The highest BCUT2D eigenvalue weighted by Crippen LogP contribution is 2.49. The summed E-state index contributed by atoms with van der Waals surface area (Å²) in [7, 11) is 0. The smallest absolute Gasteiger partial charge is 0.141 e. The summed E-state index contributed by atoms with van der Waals surface area (Å²) in [5, 5.41) is 3.74. The van der Waals surface area contributed by atoms with Crippen LogP contribution in [0, 0.1) is 23.6 Å². The minimum atomic E-state index is -0.259. The maximum absolute atomic E-state index is 13.0. The van der Waals surface area contributed by atoms with Gasteiger partial charge in [0, 0.05) is 12.1 Å². The van der Waals surface area contributed by atoms with Crippen molar-refractivity contribution in [1.29, 1.82) is 0 Å². The molecule has 0 aliphatic heterocycles. The highest BCUT2D eigenvalue weighted by atomic mass is 19.1. The Morgan fingerprint density at radius 1 is 1.35 bits per heavy atom. The van der Waals surface area contributed by atoms with Crippen LogP contribution >= 0.6 is 0 Å². The fraction of sp³-hybridized carbons (Fsp3) is 0.706. The Bertz CT molecular complexity index is 445. The van der Waals surface area contributed by atoms with Gasteiger partial charge in [-0.1, -0.05) is 13.3 Å². The molecule has 2 bridgehead atoms. The fourth-order valence-corrected chi connectivity index (χ4v) is 4.35. The molecule has 0 saturated heterocycles. The Morgan fingerprint density at radius 3 is 2.75 bits per heavy atom. The topological polar surface area (TPSA) is 24.9 Å². The number of nitrogens with zero attached hydrogens (tertiary/aromatic N) is 1. The first-order chi connectivity index (χ1) is 9.67. The van der Waals surface area contributed by atoms with Crippen molar-refractivity contribution >= 4 is 0 Å². The van der Waals surface area contributed by atoms with E-state index < -0.39 is 0 Å². The molecule has 0 radical (unpaired) electrons. The van der Waals surface area contributed by atoms with E-state index in [1.807, 2.05) is 6.07 Å². The van der Waals surface area contributed by atoms with Crippen LogP contribution < -0.4 is 5.32 Å². The molecular weight excluding hydrogens is 251 g/mol. The summed E-state index contributed by atoms with van der Waals surface area (Å²) in [4.78, 5) is 4.24. The molecule has 5 unspecified atom stereocenters. The maximum Gasteiger partial charge on any atom is 0.141 e. The molecule has 2 fully saturated rings. The zero-order valence-corrected chi connectivity index (χ0v) is 12.5. The largest absolute Gasteiger partial charge is 0.306 e. The lowest BCUT2D eigenvalue weighted by Gasteiger charge is -2.31. The molecular formula is C17H25FN2. The number of halogens is 1. The van der Waals surface area contributed by atoms with Crippen molar-refractivity contribution in [3.63, 3.8) is 0 Å². The molecule has 2 nitrogen and oxygen atoms in total. The number of pyridine rings is 1. The van der Waals surface area contributed by atoms with Crippen molar-refractivity contribution in [3.05, 3.63) is 29.8 Å². The monoisotopic (exact) mass is 276 g/mol. The molecule has 0 spiro atoms. The first-order valence-electron chi connectivity index (χ1n) is 8.05. The third-order valence-electron chi connectivity index (χ3n) is 5.41. The summed E-state index contributed by atoms with van der Waals surface area (Å²) in [6, 6.07) is 4.09. The molecule has 5 atom stereocenters. The van der Waals surface area contributed by atoms with E-state index in [9.17, 15) is 4.39 Å². The lowest BCUT2D eigenvalue weighted by Crippen LogP contribution is -2.38. The van der Waals surface area contributed by atoms with Crippen LogP contribution in [0.2, 0.25) is 0 Å². The zero-order chi connectivity index (χ0) is 14.1. The van der Waals surface area contributed by atoms with Crippen LogP contribution in [-0.2, 0) is 0 Å². The average Bonchev–Trinajstić information content (AvgIpc) is 3.08. The second-order valence-corrected chi connectivity index (χ2v) is 6.66. The van der Waals surface area contributed by atoms with E-state index >= 15 is 0 Å². The fourth-order valence-electron chi connectivity index (χ4n) is 4.35. The molecule has 2 aliphatic carbocycles. The van der Waals surface area contributed by atoms with E-state index in [0.29, 0.717) is 6.04 Å². The SMILES string of the molecule is CCC(NC(C)C1CC2CCC1C2)c1ccc(F)cn1. The molecule has 20 heavy (non-hydrogen) atoms. The van der Waals surface area contributed by atoms with Gasteiger partial charge in [-0.05, 0) is 62.5 Å². The second-order valence-electron chi connectivity index (χ2n) is 6.66. The van der Waals surface area contributed by atoms with Crippen molar-refractivity contribution in [1.82, 2.24) is 10.3 Å². The Labute approximate surface area is 121 Å². The summed E-state index contributed by atoms with van der Waals surface area (Å²) in [6.07, 6.45) is 8.03. The molecule has 3 heteroatoms. The third kappa shape index (κ3) is 2.73. The van der Waals surface area contributed by atoms with Gasteiger partial charge in [-0.15, -0.1) is 0 Å². The number of nitrogens with one attached hydrogen (secondary N) is 1. The number of hydrogen-bond acceptors (Lipinski definition) is 2. The van der Waals surface area contributed by atoms with Gasteiger partial charge < -0.3 is 5.32 Å². The first-order valence-corrected chi connectivity index (χ1v) is 8.05. The van der Waals surface area contributed by atoms with Crippen LogP contribution in [0.25, 0.3) is 0 Å². The highest BCUT2D eigenvalue weighted by molar-refractivity contribution is 5.10. The molecule has 1 heterocycles. The average molecular weight is 276 g/mol. The molecule has 1 aromatic heterocycles. The predicted molar refractivity (Wildman–Crippen MR) is 78.8 cm³/mol. The van der Waals surface area contributed by atoms with Gasteiger partial charge in [-0.2, -0.15) is 0 Å². The van der Waals surface area contributed by atoms with Gasteiger partial charge in [-0.25, -0.2) is 4.39 Å². The van der Waals surface area contributed by atoms with E-state index in [1.165, 1.54) is 37.9 Å². The van der Waals surface area contributed by atoms with Gasteiger partial charge in [-0.3, -0.25) is 4.98 Å². The third-order valence-corrected chi connectivity index (χ3v) is 5.41. The molecule has 3 rings (SSSR count). The molecule has 1 N–H and O–H groups in total. The van der Waals surface area contributed by atoms with Crippen LogP contribution in [0.5, 0.6) is 0 Å². The molecule has 1 aromatic rings. The van der Waals surface area contributed by atoms with Crippen LogP contribution in [-0.4, -0.2) is 11.0 Å². The minimum Gasteiger partial charge on any atom is -0.306 e. The zero-order valence-electron chi connectivity index (χ0n) is 12.5. The Balaban J connectivity index is 1.64. The molecule has 0 amide bonds. The van der Waals surface area contributed by atoms with E-state index in [-0.39, 0.29) is 11.9 Å². The van der Waals surface area contributed by atoms with Gasteiger partial charge >= 0.3 is 0 Å². The standard InChI is InChI=1S/C17H25FN2/c1-3-16(17-7-6-14(18)10-19-17)20-11(2)15-9-12-4-5-13(15)8-12/h6-7,10-13,15-16,20H,3-5,8-9H2,1-2H3. The predicted octanol–water partition coefficient (Wildman–Crippen LogP) is 4.09. The van der Waals surface area contributed by atoms with Gasteiger partial charge in [0.05, 0.1) is 11.9 Å². The lowest BCUT2D eigenvalue weighted by molar-refractivity contribution is 0.242. The van der Waals surface area contributed by atoms with Crippen LogP contribution in [0.3, 0.4) is 0 Å². The van der Waals surface area contributed by atoms with Crippen LogP contribution in [0.4, 0.5) is 4.39 Å². The van der Waals surface area contributed by atoms with E-state index in [1.54, 1.807) is 0 Å². The molecule has 2 aliphatic rings. The van der Waals surface area contributed by atoms with Crippen molar-refractivity contribution in [2.24, 2.45) is 17.8 Å². The molecule has 0 aromatic carbocycles. The van der Waals surface area contributed by atoms with Crippen molar-refractivity contribution in [3.8, 4) is 0 Å². The summed E-state index contributed by atoms with van der Waals surface area (Å²) in [5.74, 6) is 2.48. The second kappa shape index (κ2) is 5.80. The Kier molecular flexibility index (Phi) is 4.06. The number of aromatic nitrogens is 1. The summed E-state index contributed by atoms with van der Waals surface area (Å²) < 4.78 is 13.0. The maximum atomic E-state index is 13.0.